The summed E-state index contributed by atoms with van der Waals surface area (Å²) in [7, 11) is 0. The minimum absolute atomic E-state index is 0.302. The normalized spacial score (nSPS) is 11.6. The SMILES string of the molecule is CCCC(Oc1ccc(Br)cc1C#N)C(=O)O. The third kappa shape index (κ3) is 3.75. The molecule has 1 aromatic carbocycles. The molecule has 4 nitrogen and oxygen atoms in total. The summed E-state index contributed by atoms with van der Waals surface area (Å²) in [5.74, 6) is -0.713. The molecule has 0 heterocycles. The van der Waals surface area contributed by atoms with Gasteiger partial charge in [-0.3, -0.25) is 0 Å². The molecule has 1 aromatic rings. The quantitative estimate of drug-likeness (QED) is 0.907. The number of hydrogen-bond donors (Lipinski definition) is 1. The number of nitrogens with zero attached hydrogens (tertiary/aromatic N) is 1. The second-order valence-corrected chi connectivity index (χ2v) is 4.40. The van der Waals surface area contributed by atoms with Crippen LogP contribution >= 0.6 is 15.9 Å². The van der Waals surface area contributed by atoms with Crippen LogP contribution in [0.2, 0.25) is 0 Å². The first kappa shape index (κ1) is 13.5. The van der Waals surface area contributed by atoms with E-state index in [0.29, 0.717) is 24.2 Å². The highest BCUT2D eigenvalue weighted by molar-refractivity contribution is 9.10. The molecule has 0 saturated carbocycles. The summed E-state index contributed by atoms with van der Waals surface area (Å²) >= 11 is 3.24. The molecule has 0 aliphatic rings. The van der Waals surface area contributed by atoms with Crippen molar-refractivity contribution in [3.63, 3.8) is 0 Å². The van der Waals surface area contributed by atoms with Gasteiger partial charge >= 0.3 is 5.97 Å². The van der Waals surface area contributed by atoms with E-state index in [4.69, 9.17) is 15.1 Å². The van der Waals surface area contributed by atoms with Gasteiger partial charge in [-0.1, -0.05) is 29.3 Å². The largest absolute Gasteiger partial charge is 0.479 e. The molecule has 0 radical (unpaired) electrons. The maximum absolute atomic E-state index is 10.9. The Kier molecular flexibility index (Phi) is 4.98. The van der Waals surface area contributed by atoms with Gasteiger partial charge in [0.1, 0.15) is 11.8 Å². The van der Waals surface area contributed by atoms with Crippen molar-refractivity contribution in [3.8, 4) is 11.8 Å². The fourth-order valence-corrected chi connectivity index (χ4v) is 1.70. The smallest absolute Gasteiger partial charge is 0.344 e. The molecular formula is C12H12BrNO3. The van der Waals surface area contributed by atoms with Crippen molar-refractivity contribution in [2.45, 2.75) is 25.9 Å². The zero-order chi connectivity index (χ0) is 12.8. The lowest BCUT2D eigenvalue weighted by Gasteiger charge is -2.15. The molecule has 1 N–H and O–H groups in total. The molecule has 0 aliphatic carbocycles. The van der Waals surface area contributed by atoms with Gasteiger partial charge in [-0.05, 0) is 24.6 Å². The lowest BCUT2D eigenvalue weighted by atomic mass is 10.2. The number of halogens is 1. The topological polar surface area (TPSA) is 70.3 Å². The van der Waals surface area contributed by atoms with E-state index in [0.717, 1.165) is 4.47 Å². The summed E-state index contributed by atoms with van der Waals surface area (Å²) in [4.78, 5) is 10.9. The lowest BCUT2D eigenvalue weighted by Crippen LogP contribution is -2.27. The monoisotopic (exact) mass is 297 g/mol. The highest BCUT2D eigenvalue weighted by Crippen LogP contribution is 2.24. The summed E-state index contributed by atoms with van der Waals surface area (Å²) in [6, 6.07) is 6.87. The first-order valence-electron chi connectivity index (χ1n) is 5.17. The number of carboxylic acid groups (broad SMARTS) is 1. The maximum Gasteiger partial charge on any atom is 0.344 e. The Labute approximate surface area is 108 Å². The number of ether oxygens (including phenoxy) is 1. The first-order chi connectivity index (χ1) is 8.08. The van der Waals surface area contributed by atoms with Crippen LogP contribution in [0.4, 0.5) is 0 Å². The van der Waals surface area contributed by atoms with E-state index < -0.39 is 12.1 Å². The van der Waals surface area contributed by atoms with Crippen molar-refractivity contribution in [1.29, 1.82) is 5.26 Å². The molecule has 0 fully saturated rings. The van der Waals surface area contributed by atoms with Crippen molar-refractivity contribution in [2.75, 3.05) is 0 Å². The average molecular weight is 298 g/mol. The van der Waals surface area contributed by atoms with Gasteiger partial charge in [-0.15, -0.1) is 0 Å². The Balaban J connectivity index is 2.93. The molecule has 0 amide bonds. The van der Waals surface area contributed by atoms with Crippen LogP contribution in [0.5, 0.6) is 5.75 Å². The molecule has 0 bridgehead atoms. The van der Waals surface area contributed by atoms with Crippen LogP contribution in [0.3, 0.4) is 0 Å². The fraction of sp³-hybridized carbons (Fsp3) is 0.333. The molecular weight excluding hydrogens is 286 g/mol. The second-order valence-electron chi connectivity index (χ2n) is 3.49. The summed E-state index contributed by atoms with van der Waals surface area (Å²) < 4.78 is 6.10. The fourth-order valence-electron chi connectivity index (χ4n) is 1.34. The number of aliphatic carboxylic acids is 1. The third-order valence-corrected chi connectivity index (χ3v) is 2.65. The standard InChI is InChI=1S/C12H12BrNO3/c1-2-3-11(12(15)16)17-10-5-4-9(13)6-8(10)7-14/h4-6,11H,2-3H2,1H3,(H,15,16). The predicted octanol–water partition coefficient (Wildman–Crippen LogP) is 2.95. The molecule has 17 heavy (non-hydrogen) atoms. The maximum atomic E-state index is 10.9. The minimum Gasteiger partial charge on any atom is -0.479 e. The van der Waals surface area contributed by atoms with Gasteiger partial charge in [-0.25, -0.2) is 4.79 Å². The van der Waals surface area contributed by atoms with Crippen LogP contribution < -0.4 is 4.74 Å². The van der Waals surface area contributed by atoms with E-state index in [1.807, 2.05) is 13.0 Å². The molecule has 1 atom stereocenters. The van der Waals surface area contributed by atoms with Gasteiger partial charge in [0, 0.05) is 4.47 Å². The minimum atomic E-state index is -1.02. The Morgan fingerprint density at radius 2 is 2.35 bits per heavy atom. The molecule has 1 unspecified atom stereocenters. The van der Waals surface area contributed by atoms with Crippen LogP contribution in [0.1, 0.15) is 25.3 Å². The van der Waals surface area contributed by atoms with Crippen molar-refractivity contribution in [3.05, 3.63) is 28.2 Å². The van der Waals surface area contributed by atoms with Gasteiger partial charge in [0.2, 0.25) is 0 Å². The highest BCUT2D eigenvalue weighted by atomic mass is 79.9. The molecule has 90 valence electrons. The molecule has 0 spiro atoms. The summed E-state index contributed by atoms with van der Waals surface area (Å²) in [5, 5.41) is 17.9. The molecule has 0 aliphatic heterocycles. The van der Waals surface area contributed by atoms with Crippen LogP contribution in [-0.4, -0.2) is 17.2 Å². The van der Waals surface area contributed by atoms with Crippen LogP contribution in [0, 0.1) is 11.3 Å². The average Bonchev–Trinajstić information content (AvgIpc) is 2.30. The van der Waals surface area contributed by atoms with Crippen molar-refractivity contribution in [1.82, 2.24) is 0 Å². The van der Waals surface area contributed by atoms with Crippen molar-refractivity contribution < 1.29 is 14.6 Å². The summed E-state index contributed by atoms with van der Waals surface area (Å²) in [5.41, 5.74) is 0.321. The number of rotatable bonds is 5. The Morgan fingerprint density at radius 1 is 1.65 bits per heavy atom. The van der Waals surface area contributed by atoms with Gasteiger partial charge in [-0.2, -0.15) is 5.26 Å². The number of hydrogen-bond acceptors (Lipinski definition) is 3. The summed E-state index contributed by atoms with van der Waals surface area (Å²) in [6.07, 6.45) is 0.208. The lowest BCUT2D eigenvalue weighted by molar-refractivity contribution is -0.145. The van der Waals surface area contributed by atoms with Crippen LogP contribution in [0.15, 0.2) is 22.7 Å². The molecule has 0 aromatic heterocycles. The second kappa shape index (κ2) is 6.26. The summed E-state index contributed by atoms with van der Waals surface area (Å²) in [6.45, 7) is 1.88. The third-order valence-electron chi connectivity index (χ3n) is 2.16. The zero-order valence-electron chi connectivity index (χ0n) is 9.31. The van der Waals surface area contributed by atoms with E-state index in [1.54, 1.807) is 18.2 Å². The number of carboxylic acids is 1. The molecule has 1 rings (SSSR count). The van der Waals surface area contributed by atoms with Crippen molar-refractivity contribution in [2.24, 2.45) is 0 Å². The first-order valence-corrected chi connectivity index (χ1v) is 5.97. The number of nitriles is 1. The van der Waals surface area contributed by atoms with Crippen LogP contribution in [-0.2, 0) is 4.79 Å². The number of benzene rings is 1. The van der Waals surface area contributed by atoms with E-state index in [-0.39, 0.29) is 0 Å². The Morgan fingerprint density at radius 3 is 2.88 bits per heavy atom. The molecule has 0 saturated heterocycles. The number of carbonyl (C=O) groups is 1. The van der Waals surface area contributed by atoms with Crippen molar-refractivity contribution >= 4 is 21.9 Å². The van der Waals surface area contributed by atoms with Gasteiger partial charge in [0.05, 0.1) is 5.56 Å². The van der Waals surface area contributed by atoms with E-state index in [2.05, 4.69) is 15.9 Å². The zero-order valence-corrected chi connectivity index (χ0v) is 10.9. The van der Waals surface area contributed by atoms with Crippen LogP contribution in [0.25, 0.3) is 0 Å². The van der Waals surface area contributed by atoms with Gasteiger partial charge < -0.3 is 9.84 Å². The predicted molar refractivity (Wildman–Crippen MR) is 65.8 cm³/mol. The van der Waals surface area contributed by atoms with Gasteiger partial charge in [0.15, 0.2) is 6.10 Å². The highest BCUT2D eigenvalue weighted by Gasteiger charge is 2.19. The van der Waals surface area contributed by atoms with Gasteiger partial charge in [0.25, 0.3) is 0 Å². The van der Waals surface area contributed by atoms with E-state index >= 15 is 0 Å². The van der Waals surface area contributed by atoms with E-state index in [9.17, 15) is 4.79 Å². The Hall–Kier alpha value is -1.54. The Bertz CT molecular complexity index is 454. The van der Waals surface area contributed by atoms with E-state index in [1.165, 1.54) is 0 Å². The molecule has 5 heteroatoms.